The highest BCUT2D eigenvalue weighted by atomic mass is 15.0. The number of aryl methyl sites for hydroxylation is 1. The van der Waals surface area contributed by atoms with Crippen LogP contribution < -0.4 is 5.73 Å². The number of nitrogens with two attached hydrogens (primary N) is 1. The molecule has 0 amide bonds. The second-order valence-electron chi connectivity index (χ2n) is 3.47. The van der Waals surface area contributed by atoms with Gasteiger partial charge in [0.05, 0.1) is 5.56 Å². The van der Waals surface area contributed by atoms with Crippen LogP contribution in [-0.2, 0) is 0 Å². The topological polar surface area (TPSA) is 54.7 Å². The quantitative estimate of drug-likeness (QED) is 0.762. The fourth-order valence-corrected chi connectivity index (χ4v) is 1.47. The maximum absolute atomic E-state index is 8.75. The fraction of sp³-hybridized carbons (Fsp3) is 0.0833. The van der Waals surface area contributed by atoms with Gasteiger partial charge in [-0.1, -0.05) is 17.7 Å². The molecule has 0 fully saturated rings. The molecule has 1 aromatic carbocycles. The standard InChI is InChI=1S/C12H11N3/c1-9-2-4-11(5-3-9)15-8-10(7-13)6-12(15)14/h2-6,8H,14H2,1H3. The molecule has 2 aromatic rings. The van der Waals surface area contributed by atoms with E-state index in [-0.39, 0.29) is 0 Å². The third-order valence-corrected chi connectivity index (χ3v) is 2.29. The molecule has 0 aliphatic carbocycles. The highest BCUT2D eigenvalue weighted by molar-refractivity contribution is 5.50. The second-order valence-corrected chi connectivity index (χ2v) is 3.47. The van der Waals surface area contributed by atoms with Crippen LogP contribution in [0.25, 0.3) is 5.69 Å². The normalized spacial score (nSPS) is 9.87. The minimum absolute atomic E-state index is 0.577. The number of hydrogen-bond donors (Lipinski definition) is 1. The van der Waals surface area contributed by atoms with Crippen LogP contribution in [-0.4, -0.2) is 4.57 Å². The van der Waals surface area contributed by atoms with E-state index >= 15 is 0 Å². The number of nitriles is 1. The SMILES string of the molecule is Cc1ccc(-n2cc(C#N)cc2N)cc1. The van der Waals surface area contributed by atoms with Gasteiger partial charge in [-0.25, -0.2) is 0 Å². The van der Waals surface area contributed by atoms with Crippen molar-refractivity contribution in [2.45, 2.75) is 6.92 Å². The number of aromatic nitrogens is 1. The average molecular weight is 197 g/mol. The lowest BCUT2D eigenvalue weighted by atomic mass is 10.2. The van der Waals surface area contributed by atoms with Crippen LogP contribution in [0.4, 0.5) is 5.82 Å². The Balaban J connectivity index is 2.50. The van der Waals surface area contributed by atoms with E-state index in [4.69, 9.17) is 11.0 Å². The molecule has 3 nitrogen and oxygen atoms in total. The van der Waals surface area contributed by atoms with E-state index < -0.39 is 0 Å². The van der Waals surface area contributed by atoms with E-state index in [9.17, 15) is 0 Å². The van der Waals surface area contributed by atoms with E-state index in [1.807, 2.05) is 31.2 Å². The van der Waals surface area contributed by atoms with Gasteiger partial charge in [0.1, 0.15) is 11.9 Å². The number of nitrogen functional groups attached to an aromatic ring is 1. The molecule has 2 N–H and O–H groups in total. The Hall–Kier alpha value is -2.21. The Labute approximate surface area is 88.4 Å². The van der Waals surface area contributed by atoms with Gasteiger partial charge in [0.2, 0.25) is 0 Å². The highest BCUT2D eigenvalue weighted by Crippen LogP contribution is 2.17. The Morgan fingerprint density at radius 3 is 2.47 bits per heavy atom. The summed E-state index contributed by atoms with van der Waals surface area (Å²) in [4.78, 5) is 0. The molecule has 0 aliphatic heterocycles. The predicted molar refractivity (Wildman–Crippen MR) is 59.6 cm³/mol. The second kappa shape index (κ2) is 3.50. The van der Waals surface area contributed by atoms with Crippen LogP contribution in [0.3, 0.4) is 0 Å². The lowest BCUT2D eigenvalue weighted by Crippen LogP contribution is -1.97. The van der Waals surface area contributed by atoms with Gasteiger partial charge in [-0.2, -0.15) is 5.26 Å². The fourth-order valence-electron chi connectivity index (χ4n) is 1.47. The van der Waals surface area contributed by atoms with E-state index in [1.54, 1.807) is 16.8 Å². The van der Waals surface area contributed by atoms with Crippen molar-refractivity contribution in [2.75, 3.05) is 5.73 Å². The highest BCUT2D eigenvalue weighted by Gasteiger charge is 2.03. The largest absolute Gasteiger partial charge is 0.385 e. The first-order valence-corrected chi connectivity index (χ1v) is 4.66. The Morgan fingerprint density at radius 1 is 1.27 bits per heavy atom. The van der Waals surface area contributed by atoms with Gasteiger partial charge >= 0.3 is 0 Å². The van der Waals surface area contributed by atoms with Crippen LogP contribution in [0.5, 0.6) is 0 Å². The predicted octanol–water partition coefficient (Wildman–Crippen LogP) is 2.24. The van der Waals surface area contributed by atoms with Crippen LogP contribution in [0.1, 0.15) is 11.1 Å². The van der Waals surface area contributed by atoms with Gasteiger partial charge in [0.15, 0.2) is 0 Å². The van der Waals surface area contributed by atoms with Crippen molar-refractivity contribution < 1.29 is 0 Å². The molecule has 2 rings (SSSR count). The van der Waals surface area contributed by atoms with Crippen molar-refractivity contribution in [3.8, 4) is 11.8 Å². The van der Waals surface area contributed by atoms with Crippen molar-refractivity contribution in [1.82, 2.24) is 4.57 Å². The molecule has 0 aliphatic rings. The summed E-state index contributed by atoms with van der Waals surface area (Å²) >= 11 is 0. The Morgan fingerprint density at radius 2 is 1.93 bits per heavy atom. The molecular weight excluding hydrogens is 186 g/mol. The van der Waals surface area contributed by atoms with Crippen molar-refractivity contribution in [3.05, 3.63) is 47.7 Å². The van der Waals surface area contributed by atoms with Gasteiger partial charge in [0.25, 0.3) is 0 Å². The van der Waals surface area contributed by atoms with E-state index in [0.717, 1.165) is 5.69 Å². The zero-order chi connectivity index (χ0) is 10.8. The Kier molecular flexibility index (Phi) is 2.18. The molecule has 0 atom stereocenters. The van der Waals surface area contributed by atoms with Gasteiger partial charge in [-0.05, 0) is 25.1 Å². The molecule has 1 aromatic heterocycles. The monoisotopic (exact) mass is 197 g/mol. The minimum atomic E-state index is 0.577. The van der Waals surface area contributed by atoms with Crippen LogP contribution in [0.15, 0.2) is 36.5 Å². The average Bonchev–Trinajstić information content (AvgIpc) is 2.61. The molecule has 0 saturated carbocycles. The maximum Gasteiger partial charge on any atom is 0.109 e. The van der Waals surface area contributed by atoms with Crippen molar-refractivity contribution in [1.29, 1.82) is 5.26 Å². The van der Waals surface area contributed by atoms with Crippen molar-refractivity contribution in [2.24, 2.45) is 0 Å². The lowest BCUT2D eigenvalue weighted by Gasteiger charge is -2.05. The third kappa shape index (κ3) is 1.70. The summed E-state index contributed by atoms with van der Waals surface area (Å²) < 4.78 is 1.80. The molecule has 0 spiro atoms. The first kappa shape index (κ1) is 9.35. The van der Waals surface area contributed by atoms with Crippen LogP contribution >= 0.6 is 0 Å². The Bertz CT molecular complexity index is 515. The molecule has 0 radical (unpaired) electrons. The molecule has 15 heavy (non-hydrogen) atoms. The third-order valence-electron chi connectivity index (χ3n) is 2.29. The zero-order valence-electron chi connectivity index (χ0n) is 8.44. The number of rotatable bonds is 1. The summed E-state index contributed by atoms with van der Waals surface area (Å²) in [5.74, 6) is 0.579. The van der Waals surface area contributed by atoms with Gasteiger partial charge in [-0.3, -0.25) is 0 Å². The van der Waals surface area contributed by atoms with Gasteiger partial charge in [-0.15, -0.1) is 0 Å². The number of nitrogens with zero attached hydrogens (tertiary/aromatic N) is 2. The van der Waals surface area contributed by atoms with Crippen LogP contribution in [0.2, 0.25) is 0 Å². The van der Waals surface area contributed by atoms with Crippen molar-refractivity contribution in [3.63, 3.8) is 0 Å². The summed E-state index contributed by atoms with van der Waals surface area (Å²) in [6.07, 6.45) is 1.74. The van der Waals surface area contributed by atoms with Crippen molar-refractivity contribution >= 4 is 5.82 Å². The molecule has 0 saturated heterocycles. The maximum atomic E-state index is 8.75. The summed E-state index contributed by atoms with van der Waals surface area (Å²) in [6.45, 7) is 2.03. The first-order valence-electron chi connectivity index (χ1n) is 4.66. The first-order chi connectivity index (χ1) is 7.20. The molecular formula is C12H11N3. The number of hydrogen-bond acceptors (Lipinski definition) is 2. The number of benzene rings is 1. The molecule has 1 heterocycles. The zero-order valence-corrected chi connectivity index (χ0v) is 8.44. The molecule has 0 bridgehead atoms. The summed E-state index contributed by atoms with van der Waals surface area (Å²) in [5.41, 5.74) is 8.55. The minimum Gasteiger partial charge on any atom is -0.385 e. The van der Waals surface area contributed by atoms with Gasteiger partial charge in [0, 0.05) is 11.9 Å². The number of anilines is 1. The van der Waals surface area contributed by atoms with Gasteiger partial charge < -0.3 is 10.3 Å². The summed E-state index contributed by atoms with van der Waals surface area (Å²) in [5, 5.41) is 8.75. The van der Waals surface area contributed by atoms with E-state index in [1.165, 1.54) is 5.56 Å². The summed E-state index contributed by atoms with van der Waals surface area (Å²) in [6, 6.07) is 11.7. The summed E-state index contributed by atoms with van der Waals surface area (Å²) in [7, 11) is 0. The lowest BCUT2D eigenvalue weighted by molar-refractivity contribution is 1.09. The van der Waals surface area contributed by atoms with E-state index in [2.05, 4.69) is 6.07 Å². The molecule has 74 valence electrons. The smallest absolute Gasteiger partial charge is 0.109 e. The van der Waals surface area contributed by atoms with Crippen LogP contribution in [0, 0.1) is 18.3 Å². The molecule has 0 unspecified atom stereocenters. The van der Waals surface area contributed by atoms with E-state index in [0.29, 0.717) is 11.4 Å². The molecule has 3 heteroatoms.